The van der Waals surface area contributed by atoms with Gasteiger partial charge in [-0.3, -0.25) is 9.89 Å². The van der Waals surface area contributed by atoms with Crippen molar-refractivity contribution in [3.8, 4) is 23.8 Å². The molecule has 178 valence electrons. The van der Waals surface area contributed by atoms with Gasteiger partial charge in [-0.25, -0.2) is 0 Å². The lowest BCUT2D eigenvalue weighted by Gasteiger charge is -2.41. The highest BCUT2D eigenvalue weighted by Gasteiger charge is 2.51. The first-order valence-corrected chi connectivity index (χ1v) is 10.6. The number of nitrogens with zero attached hydrogens (tertiary/aromatic N) is 2. The predicted octanol–water partition coefficient (Wildman–Crippen LogP) is 3.85. The molecule has 0 saturated carbocycles. The Kier molecular flexibility index (Phi) is 5.69. The Morgan fingerprint density at radius 3 is 2.49 bits per heavy atom. The third kappa shape index (κ3) is 3.93. The van der Waals surface area contributed by atoms with Crippen LogP contribution in [0.3, 0.4) is 0 Å². The number of pyridine rings is 1. The summed E-state index contributed by atoms with van der Waals surface area (Å²) >= 11 is 0. The smallest absolute Gasteiger partial charge is 0.416 e. The molecule has 4 rings (SSSR count). The summed E-state index contributed by atoms with van der Waals surface area (Å²) in [5.74, 6) is 4.97. The predicted molar refractivity (Wildman–Crippen MR) is 121 cm³/mol. The zero-order valence-electron chi connectivity index (χ0n) is 19.0. The number of allylic oxidation sites excluding steroid dienone is 1. The number of hydrogen-bond acceptors (Lipinski definition) is 5. The van der Waals surface area contributed by atoms with Crippen molar-refractivity contribution < 1.29 is 17.9 Å². The van der Waals surface area contributed by atoms with Crippen LogP contribution < -0.4 is 16.0 Å². The van der Waals surface area contributed by atoms with E-state index in [1.807, 2.05) is 0 Å². The van der Waals surface area contributed by atoms with E-state index >= 15 is 0 Å². The Bertz CT molecular complexity index is 1490. The maximum atomic E-state index is 14.0. The Morgan fingerprint density at radius 1 is 1.17 bits per heavy atom. The fourth-order valence-corrected chi connectivity index (χ4v) is 4.49. The number of alkyl halides is 3. The van der Waals surface area contributed by atoms with E-state index in [1.54, 1.807) is 20.8 Å². The maximum Gasteiger partial charge on any atom is 0.416 e. The monoisotopic (exact) mass is 479 g/mol. The van der Waals surface area contributed by atoms with Gasteiger partial charge in [0.25, 0.3) is 0 Å². The molecule has 1 aromatic carbocycles. The highest BCUT2D eigenvalue weighted by atomic mass is 19.4. The molecular formula is C25H20F3N5O2. The molecule has 10 heteroatoms. The van der Waals surface area contributed by atoms with Gasteiger partial charge in [0.2, 0.25) is 17.3 Å². The molecule has 3 aromatic rings. The van der Waals surface area contributed by atoms with E-state index < -0.39 is 23.1 Å². The number of benzene rings is 1. The van der Waals surface area contributed by atoms with Crippen LogP contribution in [0.2, 0.25) is 0 Å². The number of aromatic amines is 2. The second-order valence-electron chi connectivity index (χ2n) is 8.43. The topological polar surface area (TPSA) is 121 Å². The number of hydrogen-bond donors (Lipinski definition) is 3. The quantitative estimate of drug-likeness (QED) is 0.482. The number of nitrogens with one attached hydrogen (secondary N) is 2. The van der Waals surface area contributed by atoms with Crippen LogP contribution in [-0.4, -0.2) is 15.2 Å². The molecule has 4 N–H and O–H groups in total. The van der Waals surface area contributed by atoms with Crippen molar-refractivity contribution in [1.82, 2.24) is 15.2 Å². The normalized spacial score (nSPS) is 17.3. The largest absolute Gasteiger partial charge is 0.420 e. The van der Waals surface area contributed by atoms with Gasteiger partial charge in [-0.15, -0.1) is 5.10 Å². The number of fused-ring (bicyclic) bond motifs is 1. The summed E-state index contributed by atoms with van der Waals surface area (Å²) in [4.78, 5) is 13.7. The molecule has 0 bridgehead atoms. The number of aromatic nitrogens is 3. The summed E-state index contributed by atoms with van der Waals surface area (Å²) in [7, 11) is 0. The van der Waals surface area contributed by atoms with Crippen LogP contribution in [0.4, 0.5) is 13.2 Å². The number of nitriles is 1. The fraction of sp³-hybridized carbons (Fsp3) is 0.240. The molecule has 3 heterocycles. The van der Waals surface area contributed by atoms with Gasteiger partial charge in [-0.05, 0) is 42.7 Å². The van der Waals surface area contributed by atoms with Gasteiger partial charge in [0.05, 0.1) is 16.5 Å². The summed E-state index contributed by atoms with van der Waals surface area (Å²) in [6.45, 7) is 5.28. The molecule has 7 nitrogen and oxygen atoms in total. The zero-order chi connectivity index (χ0) is 25.5. The lowest BCUT2D eigenvalue weighted by molar-refractivity contribution is -0.137. The molecule has 1 aliphatic rings. The van der Waals surface area contributed by atoms with Crippen molar-refractivity contribution in [1.29, 1.82) is 5.26 Å². The highest BCUT2D eigenvalue weighted by Crippen LogP contribution is 2.53. The molecule has 0 saturated heterocycles. The van der Waals surface area contributed by atoms with E-state index in [0.29, 0.717) is 16.8 Å². The molecule has 0 amide bonds. The van der Waals surface area contributed by atoms with Crippen molar-refractivity contribution in [2.75, 3.05) is 0 Å². The van der Waals surface area contributed by atoms with Gasteiger partial charge < -0.3 is 15.5 Å². The third-order valence-electron chi connectivity index (χ3n) is 5.98. The average molecular weight is 479 g/mol. The van der Waals surface area contributed by atoms with E-state index in [0.717, 1.165) is 12.1 Å². The second kappa shape index (κ2) is 8.41. The van der Waals surface area contributed by atoms with E-state index in [1.165, 1.54) is 24.4 Å². The van der Waals surface area contributed by atoms with Gasteiger partial charge in [0.15, 0.2) is 0 Å². The summed E-state index contributed by atoms with van der Waals surface area (Å²) < 4.78 is 47.5. The van der Waals surface area contributed by atoms with Gasteiger partial charge in [-0.2, -0.15) is 18.4 Å². The fourth-order valence-electron chi connectivity index (χ4n) is 4.49. The summed E-state index contributed by atoms with van der Waals surface area (Å²) in [6.07, 6.45) is -3.31. The minimum atomic E-state index is -4.68. The molecule has 0 fully saturated rings. The standard InChI is InChI=1S/C25H20F3N5O2/c1-13(2)24(19(11-29)22(30)35-23-21(24)14(3)32-33-23)17-8-16(9-18(10-17)25(26,27)28)5-4-15-6-7-20(34)31-12-15/h6-10,12-13H,30H2,1-3H3,(H,31,34)(H,32,33). The average Bonchev–Trinajstić information content (AvgIpc) is 3.17. The molecule has 0 aliphatic carbocycles. The lowest BCUT2D eigenvalue weighted by Crippen LogP contribution is -2.41. The number of nitrogens with two attached hydrogens (primary N) is 1. The van der Waals surface area contributed by atoms with Crippen molar-refractivity contribution in [2.24, 2.45) is 11.7 Å². The number of rotatable bonds is 2. The van der Waals surface area contributed by atoms with Crippen LogP contribution in [-0.2, 0) is 11.6 Å². The third-order valence-corrected chi connectivity index (χ3v) is 5.98. The summed E-state index contributed by atoms with van der Waals surface area (Å²) in [5, 5.41) is 17.0. The molecular weight excluding hydrogens is 459 g/mol. The van der Waals surface area contributed by atoms with Crippen LogP contribution >= 0.6 is 0 Å². The summed E-state index contributed by atoms with van der Waals surface area (Å²) in [5.41, 5.74) is 5.09. The van der Waals surface area contributed by atoms with Crippen molar-refractivity contribution in [2.45, 2.75) is 32.4 Å². The molecule has 1 atom stereocenters. The maximum absolute atomic E-state index is 14.0. The Morgan fingerprint density at radius 2 is 1.89 bits per heavy atom. The van der Waals surface area contributed by atoms with E-state index in [2.05, 4.69) is 33.1 Å². The van der Waals surface area contributed by atoms with Crippen LogP contribution in [0.1, 0.15) is 47.4 Å². The molecule has 35 heavy (non-hydrogen) atoms. The van der Waals surface area contributed by atoms with E-state index in [9.17, 15) is 23.2 Å². The SMILES string of the molecule is Cc1[nH]nc2c1C(c1cc(C#Cc3ccc(=O)[nH]c3)cc(C(F)(F)F)c1)(C(C)C)C(C#N)=C(N)O2. The number of aryl methyl sites for hydroxylation is 1. The van der Waals surface area contributed by atoms with Crippen molar-refractivity contribution in [3.63, 3.8) is 0 Å². The van der Waals surface area contributed by atoms with Gasteiger partial charge in [0.1, 0.15) is 11.6 Å². The van der Waals surface area contributed by atoms with Crippen molar-refractivity contribution >= 4 is 0 Å². The number of ether oxygens (including phenoxy) is 1. The lowest BCUT2D eigenvalue weighted by atomic mass is 9.61. The van der Waals surface area contributed by atoms with Gasteiger partial charge in [0, 0.05) is 29.1 Å². The Balaban J connectivity index is 2.05. The first kappa shape index (κ1) is 23.7. The molecule has 0 radical (unpaired) electrons. The van der Waals surface area contributed by atoms with Crippen LogP contribution in [0.5, 0.6) is 5.88 Å². The van der Waals surface area contributed by atoms with Crippen molar-refractivity contribution in [3.05, 3.63) is 91.8 Å². The Hall–Kier alpha value is -4.44. The first-order valence-electron chi connectivity index (χ1n) is 10.6. The molecule has 1 aliphatic heterocycles. The minimum absolute atomic E-state index is 0.0108. The van der Waals surface area contributed by atoms with Crippen LogP contribution in [0.15, 0.2) is 52.8 Å². The molecule has 1 unspecified atom stereocenters. The highest BCUT2D eigenvalue weighted by molar-refractivity contribution is 5.63. The number of H-pyrrole nitrogens is 2. The van der Waals surface area contributed by atoms with E-state index in [-0.39, 0.29) is 34.0 Å². The van der Waals surface area contributed by atoms with Crippen LogP contribution in [0.25, 0.3) is 0 Å². The Labute approximate surface area is 198 Å². The van der Waals surface area contributed by atoms with Crippen LogP contribution in [0, 0.1) is 36.0 Å². The molecule has 2 aromatic heterocycles. The first-order chi connectivity index (χ1) is 16.5. The zero-order valence-corrected chi connectivity index (χ0v) is 19.0. The second-order valence-corrected chi connectivity index (χ2v) is 8.43. The van der Waals surface area contributed by atoms with Gasteiger partial charge in [-0.1, -0.05) is 25.7 Å². The summed E-state index contributed by atoms with van der Waals surface area (Å²) in [6, 6.07) is 8.26. The van der Waals surface area contributed by atoms with E-state index in [4.69, 9.17) is 10.5 Å². The molecule has 0 spiro atoms. The minimum Gasteiger partial charge on any atom is -0.420 e. The number of halogens is 3. The van der Waals surface area contributed by atoms with Gasteiger partial charge >= 0.3 is 6.18 Å².